The highest BCUT2D eigenvalue weighted by Crippen LogP contribution is 2.36. The topological polar surface area (TPSA) is 0 Å². The van der Waals surface area contributed by atoms with Crippen molar-refractivity contribution in [3.05, 3.63) is 60.2 Å². The fourth-order valence-electron chi connectivity index (χ4n) is 1.97. The Hall–Kier alpha value is -1.30. The molecule has 0 aliphatic heterocycles. The minimum atomic E-state index is -0.0123. The normalized spacial score (nSPS) is 12.3. The highest BCUT2D eigenvalue weighted by molar-refractivity contribution is 5.44. The Balaban J connectivity index is 3.52. The minimum absolute atomic E-state index is 0.0106. The van der Waals surface area contributed by atoms with Crippen LogP contribution in [0.3, 0.4) is 0 Å². The lowest BCUT2D eigenvalue weighted by molar-refractivity contribution is 0.605. The van der Waals surface area contributed by atoms with Gasteiger partial charge in [-0.2, -0.15) is 0 Å². The van der Waals surface area contributed by atoms with E-state index in [1.165, 1.54) is 16.7 Å². The Labute approximate surface area is 106 Å². The molecule has 1 aromatic carbocycles. The van der Waals surface area contributed by atoms with Gasteiger partial charge in [-0.05, 0) is 18.1 Å². The van der Waals surface area contributed by atoms with Crippen molar-refractivity contribution >= 4 is 0 Å². The molecular formula is C17H24. The van der Waals surface area contributed by atoms with Crippen LogP contribution in [0.1, 0.15) is 44.4 Å². The molecule has 0 spiro atoms. The average molecular weight is 228 g/mol. The van der Waals surface area contributed by atoms with E-state index in [0.29, 0.717) is 0 Å². The molecule has 0 amide bonds. The maximum Gasteiger partial charge on any atom is 0.00758 e. The van der Waals surface area contributed by atoms with E-state index in [1.54, 1.807) is 0 Å². The molecule has 0 saturated heterocycles. The average Bonchev–Trinajstić information content (AvgIpc) is 2.28. The molecule has 0 N–H and O–H groups in total. The van der Waals surface area contributed by atoms with Crippen LogP contribution in [0.2, 0.25) is 0 Å². The molecule has 0 unspecified atom stereocenters. The zero-order valence-corrected chi connectivity index (χ0v) is 11.8. The molecule has 0 aromatic heterocycles. The van der Waals surface area contributed by atoms with E-state index < -0.39 is 0 Å². The first kappa shape index (κ1) is 13.8. The van der Waals surface area contributed by atoms with Crippen LogP contribution in [0.25, 0.3) is 0 Å². The molecule has 1 aromatic rings. The molecule has 0 heterocycles. The summed E-state index contributed by atoms with van der Waals surface area (Å²) in [5.41, 5.74) is 3.95. The van der Waals surface area contributed by atoms with Gasteiger partial charge in [-0.1, -0.05) is 63.6 Å². The first-order valence-electron chi connectivity index (χ1n) is 6.13. The minimum Gasteiger partial charge on any atom is -0.102 e. The second kappa shape index (κ2) is 4.52. The van der Waals surface area contributed by atoms with Crippen molar-refractivity contribution in [3.63, 3.8) is 0 Å². The van der Waals surface area contributed by atoms with Crippen LogP contribution in [0.4, 0.5) is 0 Å². The number of rotatable bonds is 4. The number of hydrogen-bond donors (Lipinski definition) is 0. The van der Waals surface area contributed by atoms with Gasteiger partial charge < -0.3 is 0 Å². The van der Waals surface area contributed by atoms with Crippen molar-refractivity contribution in [2.24, 2.45) is 0 Å². The summed E-state index contributed by atoms with van der Waals surface area (Å²) in [5, 5.41) is 0. The molecule has 0 nitrogen and oxygen atoms in total. The lowest BCUT2D eigenvalue weighted by atomic mass is 9.73. The van der Waals surface area contributed by atoms with Gasteiger partial charge >= 0.3 is 0 Å². The van der Waals surface area contributed by atoms with Crippen molar-refractivity contribution < 1.29 is 0 Å². The quantitative estimate of drug-likeness (QED) is 0.641. The molecule has 0 aliphatic carbocycles. The highest BCUT2D eigenvalue weighted by Gasteiger charge is 2.26. The molecule has 0 aliphatic rings. The summed E-state index contributed by atoms with van der Waals surface area (Å²) in [6, 6.07) is 6.66. The summed E-state index contributed by atoms with van der Waals surface area (Å²) in [4.78, 5) is 0. The Morgan fingerprint density at radius 3 is 1.82 bits per heavy atom. The third-order valence-corrected chi connectivity index (χ3v) is 3.58. The van der Waals surface area contributed by atoms with Gasteiger partial charge in [-0.25, -0.2) is 0 Å². The lowest BCUT2D eigenvalue weighted by Gasteiger charge is -2.31. The van der Waals surface area contributed by atoms with E-state index in [0.717, 1.165) is 0 Å². The van der Waals surface area contributed by atoms with Crippen molar-refractivity contribution in [1.29, 1.82) is 0 Å². The Bertz CT molecular complexity index is 433. The van der Waals surface area contributed by atoms with Gasteiger partial charge in [0.15, 0.2) is 0 Å². The molecule has 0 bridgehead atoms. The maximum absolute atomic E-state index is 3.96. The van der Waals surface area contributed by atoms with Crippen molar-refractivity contribution in [3.8, 4) is 0 Å². The lowest BCUT2D eigenvalue weighted by Crippen LogP contribution is -2.23. The summed E-state index contributed by atoms with van der Waals surface area (Å²) >= 11 is 0. The standard InChI is InChI=1S/C17H24/c1-8-16(4,5)14-11-10-13(3)12-15(14)17(6,7)9-2/h8-12H,1-2H2,3-7H3. The predicted molar refractivity (Wildman–Crippen MR) is 77.6 cm³/mol. The second-order valence-electron chi connectivity index (χ2n) is 5.90. The zero-order valence-electron chi connectivity index (χ0n) is 11.8. The van der Waals surface area contributed by atoms with Gasteiger partial charge in [0.1, 0.15) is 0 Å². The molecule has 1 rings (SSSR count). The van der Waals surface area contributed by atoms with Crippen LogP contribution >= 0.6 is 0 Å². The molecule has 0 heteroatoms. The first-order valence-corrected chi connectivity index (χ1v) is 6.13. The molecule has 0 fully saturated rings. The van der Waals surface area contributed by atoms with Gasteiger partial charge in [0.2, 0.25) is 0 Å². The third-order valence-electron chi connectivity index (χ3n) is 3.58. The Morgan fingerprint density at radius 2 is 1.35 bits per heavy atom. The van der Waals surface area contributed by atoms with Crippen molar-refractivity contribution in [2.45, 2.75) is 45.4 Å². The van der Waals surface area contributed by atoms with E-state index in [9.17, 15) is 0 Å². The molecule has 17 heavy (non-hydrogen) atoms. The fourth-order valence-corrected chi connectivity index (χ4v) is 1.97. The summed E-state index contributed by atoms with van der Waals surface area (Å²) in [5.74, 6) is 0. The van der Waals surface area contributed by atoms with Gasteiger partial charge in [-0.3, -0.25) is 0 Å². The van der Waals surface area contributed by atoms with Crippen molar-refractivity contribution in [1.82, 2.24) is 0 Å². The van der Waals surface area contributed by atoms with E-state index in [4.69, 9.17) is 0 Å². The Kier molecular flexibility index (Phi) is 3.66. The van der Waals surface area contributed by atoms with E-state index >= 15 is 0 Å². The van der Waals surface area contributed by atoms with Gasteiger partial charge in [0.05, 0.1) is 0 Å². The number of allylic oxidation sites excluding steroid dienone is 2. The zero-order chi connectivity index (χ0) is 13.3. The SMILES string of the molecule is C=CC(C)(C)c1ccc(C)cc1C(C)(C)C=C. The molecule has 0 radical (unpaired) electrons. The largest absolute Gasteiger partial charge is 0.102 e. The Morgan fingerprint density at radius 1 is 0.882 bits per heavy atom. The summed E-state index contributed by atoms with van der Waals surface area (Å²) in [6.07, 6.45) is 4.03. The predicted octanol–water partition coefficient (Wildman–Crippen LogP) is 4.92. The van der Waals surface area contributed by atoms with Crippen LogP contribution < -0.4 is 0 Å². The molecule has 0 atom stereocenters. The number of aryl methyl sites for hydroxylation is 1. The maximum atomic E-state index is 3.96. The van der Waals surface area contributed by atoms with Crippen LogP contribution in [-0.2, 0) is 10.8 Å². The van der Waals surface area contributed by atoms with Crippen LogP contribution in [-0.4, -0.2) is 0 Å². The summed E-state index contributed by atoms with van der Waals surface area (Å²) in [6.45, 7) is 18.9. The summed E-state index contributed by atoms with van der Waals surface area (Å²) < 4.78 is 0. The van der Waals surface area contributed by atoms with E-state index in [-0.39, 0.29) is 10.8 Å². The molecule has 92 valence electrons. The molecular weight excluding hydrogens is 204 g/mol. The highest BCUT2D eigenvalue weighted by atomic mass is 14.3. The van der Waals surface area contributed by atoms with Crippen LogP contribution in [0, 0.1) is 6.92 Å². The van der Waals surface area contributed by atoms with E-state index in [2.05, 4.69) is 66.0 Å². The number of hydrogen-bond acceptors (Lipinski definition) is 0. The monoisotopic (exact) mass is 228 g/mol. The van der Waals surface area contributed by atoms with Crippen molar-refractivity contribution in [2.75, 3.05) is 0 Å². The van der Waals surface area contributed by atoms with Gasteiger partial charge in [0, 0.05) is 10.8 Å². The number of benzene rings is 1. The first-order chi connectivity index (χ1) is 7.74. The summed E-state index contributed by atoms with van der Waals surface area (Å²) in [7, 11) is 0. The molecule has 0 saturated carbocycles. The van der Waals surface area contributed by atoms with Gasteiger partial charge in [-0.15, -0.1) is 13.2 Å². The van der Waals surface area contributed by atoms with Crippen LogP contribution in [0.15, 0.2) is 43.5 Å². The second-order valence-corrected chi connectivity index (χ2v) is 5.90. The van der Waals surface area contributed by atoms with Gasteiger partial charge in [0.25, 0.3) is 0 Å². The smallest absolute Gasteiger partial charge is 0.00758 e. The fraction of sp³-hybridized carbons (Fsp3) is 0.412. The van der Waals surface area contributed by atoms with E-state index in [1.807, 2.05) is 12.2 Å². The van der Waals surface area contributed by atoms with Crippen LogP contribution in [0.5, 0.6) is 0 Å². The third kappa shape index (κ3) is 2.69.